The maximum atomic E-state index is 12.7. The zero-order valence-electron chi connectivity index (χ0n) is 12.0. The van der Waals surface area contributed by atoms with Gasteiger partial charge in [0.05, 0.1) is 0 Å². The molecule has 2 saturated heterocycles. The summed E-state index contributed by atoms with van der Waals surface area (Å²) in [5.41, 5.74) is 0. The van der Waals surface area contributed by atoms with Crippen LogP contribution in [-0.2, 0) is 4.79 Å². The number of piperazine rings is 1. The molecule has 3 aliphatic rings. The van der Waals surface area contributed by atoms with Crippen LogP contribution in [-0.4, -0.2) is 76.1 Å². The highest BCUT2D eigenvalue weighted by Gasteiger charge is 2.41. The van der Waals surface area contributed by atoms with Crippen molar-refractivity contribution in [3.05, 3.63) is 0 Å². The zero-order chi connectivity index (χ0) is 14.3. The number of carbonyl (C=O) groups excluding carboxylic acids is 1. The second kappa shape index (κ2) is 5.24. The van der Waals surface area contributed by atoms with Gasteiger partial charge in [0.25, 0.3) is 0 Å². The van der Waals surface area contributed by atoms with Crippen molar-refractivity contribution in [3.63, 3.8) is 0 Å². The average molecular weight is 281 g/mol. The maximum Gasteiger partial charge on any atom is 0.323 e. The van der Waals surface area contributed by atoms with Crippen LogP contribution >= 0.6 is 0 Å². The van der Waals surface area contributed by atoms with Gasteiger partial charge in [0.15, 0.2) is 0 Å². The third kappa shape index (κ3) is 2.61. The molecule has 0 aromatic heterocycles. The van der Waals surface area contributed by atoms with Crippen molar-refractivity contribution in [2.75, 3.05) is 26.2 Å². The first-order valence-corrected chi connectivity index (χ1v) is 7.59. The number of fused-ring (bicyclic) bond motifs is 1. The van der Waals surface area contributed by atoms with Crippen molar-refractivity contribution in [2.45, 2.75) is 50.7 Å². The summed E-state index contributed by atoms with van der Waals surface area (Å²) in [5, 5.41) is 9.00. The van der Waals surface area contributed by atoms with E-state index in [0.717, 1.165) is 38.9 Å². The lowest BCUT2D eigenvalue weighted by Crippen LogP contribution is -2.60. The molecular weight excluding hydrogens is 258 g/mol. The Morgan fingerprint density at radius 3 is 2.65 bits per heavy atom. The fourth-order valence-electron chi connectivity index (χ4n) is 3.50. The number of carboxylic acids is 1. The summed E-state index contributed by atoms with van der Waals surface area (Å²) in [6, 6.07) is 0.717. The Balaban J connectivity index is 1.69. The van der Waals surface area contributed by atoms with Gasteiger partial charge >= 0.3 is 12.0 Å². The van der Waals surface area contributed by atoms with E-state index in [1.54, 1.807) is 4.90 Å². The lowest BCUT2D eigenvalue weighted by atomic mass is 10.1. The van der Waals surface area contributed by atoms with Crippen LogP contribution in [0, 0.1) is 0 Å². The van der Waals surface area contributed by atoms with Gasteiger partial charge in [-0.15, -0.1) is 0 Å². The summed E-state index contributed by atoms with van der Waals surface area (Å²) >= 11 is 0. The maximum absolute atomic E-state index is 12.7. The number of hydrogen-bond acceptors (Lipinski definition) is 3. The van der Waals surface area contributed by atoms with Gasteiger partial charge in [0.2, 0.25) is 0 Å². The van der Waals surface area contributed by atoms with Gasteiger partial charge in [-0.3, -0.25) is 9.69 Å². The Morgan fingerprint density at radius 1 is 1.25 bits per heavy atom. The summed E-state index contributed by atoms with van der Waals surface area (Å²) in [6.07, 6.45) is 4.24. The van der Waals surface area contributed by atoms with Gasteiger partial charge in [-0.05, 0) is 39.2 Å². The molecule has 0 bridgehead atoms. The SMILES string of the molecule is CC1CN2CCCC2CN1C(=O)N(CC(=O)O)C1CC1. The minimum absolute atomic E-state index is 0.0750. The standard InChI is InChI=1S/C14H23N3O3/c1-10-7-15-6-2-3-12(15)8-16(10)14(20)17(9-13(18)19)11-4-5-11/h10-12H,2-9H2,1H3,(H,18,19). The number of carbonyl (C=O) groups is 2. The summed E-state index contributed by atoms with van der Waals surface area (Å²) in [6.45, 7) is 4.71. The number of aliphatic carboxylic acids is 1. The van der Waals surface area contributed by atoms with E-state index in [1.165, 1.54) is 6.42 Å². The molecule has 2 heterocycles. The Kier molecular flexibility index (Phi) is 3.58. The van der Waals surface area contributed by atoms with Crippen molar-refractivity contribution in [1.82, 2.24) is 14.7 Å². The van der Waals surface area contributed by atoms with E-state index in [2.05, 4.69) is 11.8 Å². The molecular formula is C14H23N3O3. The molecule has 2 aliphatic heterocycles. The Labute approximate surface area is 119 Å². The van der Waals surface area contributed by atoms with E-state index in [0.29, 0.717) is 6.04 Å². The van der Waals surface area contributed by atoms with E-state index in [9.17, 15) is 9.59 Å². The summed E-state index contributed by atoms with van der Waals surface area (Å²) in [4.78, 5) is 29.6. The van der Waals surface area contributed by atoms with Crippen LogP contribution in [0.4, 0.5) is 4.79 Å². The molecule has 1 aliphatic carbocycles. The highest BCUT2D eigenvalue weighted by molar-refractivity contribution is 5.81. The van der Waals surface area contributed by atoms with Crippen LogP contribution in [0.25, 0.3) is 0 Å². The number of rotatable bonds is 3. The van der Waals surface area contributed by atoms with Gasteiger partial charge in [-0.1, -0.05) is 0 Å². The molecule has 3 fully saturated rings. The number of hydrogen-bond donors (Lipinski definition) is 1. The minimum Gasteiger partial charge on any atom is -0.480 e. The van der Waals surface area contributed by atoms with Gasteiger partial charge in [-0.25, -0.2) is 4.79 Å². The highest BCUT2D eigenvalue weighted by Crippen LogP contribution is 2.30. The largest absolute Gasteiger partial charge is 0.480 e. The highest BCUT2D eigenvalue weighted by atomic mass is 16.4. The van der Waals surface area contributed by atoms with Crippen LogP contribution in [0.15, 0.2) is 0 Å². The number of carboxylic acid groups (broad SMARTS) is 1. The Bertz CT molecular complexity index is 410. The summed E-state index contributed by atoms with van der Waals surface area (Å²) in [5.74, 6) is -0.919. The van der Waals surface area contributed by atoms with Gasteiger partial charge in [0, 0.05) is 31.2 Å². The molecule has 3 rings (SSSR count). The molecule has 6 nitrogen and oxygen atoms in total. The Hall–Kier alpha value is -1.30. The van der Waals surface area contributed by atoms with Crippen LogP contribution in [0.2, 0.25) is 0 Å². The zero-order valence-corrected chi connectivity index (χ0v) is 12.0. The van der Waals surface area contributed by atoms with Crippen molar-refractivity contribution >= 4 is 12.0 Å². The molecule has 2 atom stereocenters. The molecule has 6 heteroatoms. The first-order valence-electron chi connectivity index (χ1n) is 7.59. The van der Waals surface area contributed by atoms with Crippen molar-refractivity contribution in [2.24, 2.45) is 0 Å². The average Bonchev–Trinajstić information content (AvgIpc) is 3.13. The molecule has 2 unspecified atom stereocenters. The van der Waals surface area contributed by atoms with E-state index in [4.69, 9.17) is 5.11 Å². The van der Waals surface area contributed by atoms with Crippen molar-refractivity contribution in [1.29, 1.82) is 0 Å². The molecule has 0 spiro atoms. The van der Waals surface area contributed by atoms with Crippen molar-refractivity contribution < 1.29 is 14.7 Å². The molecule has 0 aromatic rings. The third-order valence-electron chi connectivity index (χ3n) is 4.72. The summed E-state index contributed by atoms with van der Waals surface area (Å²) in [7, 11) is 0. The lowest BCUT2D eigenvalue weighted by Gasteiger charge is -2.44. The first kappa shape index (κ1) is 13.7. The smallest absolute Gasteiger partial charge is 0.323 e. The van der Waals surface area contributed by atoms with Gasteiger partial charge < -0.3 is 14.9 Å². The van der Waals surface area contributed by atoms with E-state index in [1.807, 2.05) is 4.90 Å². The molecule has 2 amide bonds. The predicted molar refractivity (Wildman–Crippen MR) is 73.5 cm³/mol. The Morgan fingerprint density at radius 2 is 2.00 bits per heavy atom. The van der Waals surface area contributed by atoms with E-state index >= 15 is 0 Å². The van der Waals surface area contributed by atoms with Gasteiger partial charge in [-0.2, -0.15) is 0 Å². The van der Waals surface area contributed by atoms with Crippen LogP contribution < -0.4 is 0 Å². The van der Waals surface area contributed by atoms with Gasteiger partial charge in [0.1, 0.15) is 6.54 Å². The molecule has 1 N–H and O–H groups in total. The summed E-state index contributed by atoms with van der Waals surface area (Å²) < 4.78 is 0. The number of nitrogens with zero attached hydrogens (tertiary/aromatic N) is 3. The predicted octanol–water partition coefficient (Wildman–Crippen LogP) is 0.824. The molecule has 20 heavy (non-hydrogen) atoms. The van der Waals surface area contributed by atoms with Crippen LogP contribution in [0.3, 0.4) is 0 Å². The second-order valence-electron chi connectivity index (χ2n) is 6.33. The quantitative estimate of drug-likeness (QED) is 0.832. The minimum atomic E-state index is -0.919. The fourth-order valence-corrected chi connectivity index (χ4v) is 3.50. The lowest BCUT2D eigenvalue weighted by molar-refractivity contribution is -0.138. The number of urea groups is 1. The second-order valence-corrected chi connectivity index (χ2v) is 6.33. The monoisotopic (exact) mass is 281 g/mol. The van der Waals surface area contributed by atoms with E-state index < -0.39 is 5.97 Å². The normalized spacial score (nSPS) is 30.1. The third-order valence-corrected chi connectivity index (χ3v) is 4.72. The molecule has 0 aromatic carbocycles. The molecule has 0 radical (unpaired) electrons. The topological polar surface area (TPSA) is 64.1 Å². The first-order chi connectivity index (χ1) is 9.56. The fraction of sp³-hybridized carbons (Fsp3) is 0.857. The molecule has 1 saturated carbocycles. The van der Waals surface area contributed by atoms with E-state index in [-0.39, 0.29) is 24.7 Å². The van der Waals surface area contributed by atoms with Crippen LogP contribution in [0.5, 0.6) is 0 Å². The van der Waals surface area contributed by atoms with Crippen LogP contribution in [0.1, 0.15) is 32.6 Å². The number of amides is 2. The van der Waals surface area contributed by atoms with Crippen molar-refractivity contribution in [3.8, 4) is 0 Å². The molecule has 112 valence electrons.